The van der Waals surface area contributed by atoms with Crippen molar-refractivity contribution < 1.29 is 9.90 Å². The van der Waals surface area contributed by atoms with Gasteiger partial charge >= 0.3 is 5.69 Å². The van der Waals surface area contributed by atoms with E-state index in [9.17, 15) is 14.7 Å². The molecule has 0 radical (unpaired) electrons. The number of benzene rings is 1. The fraction of sp³-hybridized carbons (Fsp3) is 0.316. The molecule has 1 aromatic carbocycles. The number of piperidine rings is 1. The third-order valence-corrected chi connectivity index (χ3v) is 4.84. The van der Waals surface area contributed by atoms with E-state index in [4.69, 9.17) is 0 Å². The topological polar surface area (TPSA) is 90.7 Å². The molecule has 7 nitrogen and oxygen atoms in total. The van der Waals surface area contributed by atoms with Crippen molar-refractivity contribution in [1.29, 1.82) is 0 Å². The molecule has 1 amide bonds. The number of likely N-dealkylation sites (tertiary alicyclic amines) is 1. The van der Waals surface area contributed by atoms with E-state index < -0.39 is 5.69 Å². The van der Waals surface area contributed by atoms with Crippen molar-refractivity contribution in [3.05, 3.63) is 46.0 Å². The van der Waals surface area contributed by atoms with Gasteiger partial charge in [-0.25, -0.2) is 4.79 Å². The summed E-state index contributed by atoms with van der Waals surface area (Å²) in [4.78, 5) is 33.3. The lowest BCUT2D eigenvalue weighted by Crippen LogP contribution is -2.39. The van der Waals surface area contributed by atoms with Gasteiger partial charge in [0.05, 0.1) is 5.69 Å². The molecule has 1 fully saturated rings. The van der Waals surface area contributed by atoms with Crippen molar-refractivity contribution >= 4 is 29.5 Å². The van der Waals surface area contributed by atoms with Crippen LogP contribution in [-0.2, 0) is 11.3 Å². The number of rotatable bonds is 3. The van der Waals surface area contributed by atoms with Crippen molar-refractivity contribution in [2.24, 2.45) is 4.99 Å². The van der Waals surface area contributed by atoms with Crippen molar-refractivity contribution in [2.75, 3.05) is 13.1 Å². The monoisotopic (exact) mass is 352 g/mol. The Hall–Kier alpha value is -3.09. The number of amides is 1. The predicted octanol–water partition coefficient (Wildman–Crippen LogP) is 2.15. The quantitative estimate of drug-likeness (QED) is 0.887. The predicted molar refractivity (Wildman–Crippen MR) is 99.6 cm³/mol. The van der Waals surface area contributed by atoms with Crippen LogP contribution in [0.1, 0.15) is 30.5 Å². The Kier molecular flexibility index (Phi) is 4.20. The minimum Gasteiger partial charge on any atom is -0.493 e. The molecular weight excluding hydrogens is 332 g/mol. The third kappa shape index (κ3) is 2.96. The summed E-state index contributed by atoms with van der Waals surface area (Å²) in [5.41, 5.74) is 2.36. The molecule has 0 spiro atoms. The van der Waals surface area contributed by atoms with E-state index in [1.165, 1.54) is 0 Å². The maximum absolute atomic E-state index is 12.4. The second kappa shape index (κ2) is 6.67. The maximum atomic E-state index is 12.4. The van der Waals surface area contributed by atoms with Gasteiger partial charge in [0.25, 0.3) is 0 Å². The average molecular weight is 352 g/mol. The van der Waals surface area contributed by atoms with E-state index in [1.807, 2.05) is 24.3 Å². The van der Waals surface area contributed by atoms with Gasteiger partial charge in [0, 0.05) is 30.4 Å². The molecule has 0 unspecified atom stereocenters. The van der Waals surface area contributed by atoms with E-state index in [0.717, 1.165) is 40.7 Å². The number of carbonyl (C=O) groups excluding carboxylic acids is 1. The highest BCUT2D eigenvalue weighted by atomic mass is 16.3. The number of aromatic hydroxyl groups is 1. The summed E-state index contributed by atoms with van der Waals surface area (Å²) >= 11 is 0. The number of aromatic amines is 1. The Bertz CT molecular complexity index is 961. The molecule has 26 heavy (non-hydrogen) atoms. The molecule has 2 aliphatic heterocycles. The summed E-state index contributed by atoms with van der Waals surface area (Å²) in [5.74, 6) is -0.376. The van der Waals surface area contributed by atoms with Crippen LogP contribution in [0.5, 0.6) is 5.88 Å². The Morgan fingerprint density at radius 1 is 1.23 bits per heavy atom. The summed E-state index contributed by atoms with van der Waals surface area (Å²) < 4.78 is 1.08. The lowest BCUT2D eigenvalue weighted by Gasteiger charge is -2.26. The number of nitrogens with one attached hydrogen (secondary N) is 1. The molecule has 1 aromatic heterocycles. The second-order valence-corrected chi connectivity index (χ2v) is 6.57. The van der Waals surface area contributed by atoms with Crippen molar-refractivity contribution in [1.82, 2.24) is 14.5 Å². The molecule has 4 rings (SSSR count). The maximum Gasteiger partial charge on any atom is 0.329 e. The smallest absolute Gasteiger partial charge is 0.329 e. The molecule has 3 heterocycles. The molecule has 1 saturated heterocycles. The van der Waals surface area contributed by atoms with Crippen LogP contribution in [0.15, 0.2) is 34.1 Å². The first-order valence-electron chi connectivity index (χ1n) is 8.78. The first-order valence-corrected chi connectivity index (χ1v) is 8.78. The zero-order valence-electron chi connectivity index (χ0n) is 14.3. The lowest BCUT2D eigenvalue weighted by molar-refractivity contribution is -0.132. The van der Waals surface area contributed by atoms with E-state index in [2.05, 4.69) is 9.98 Å². The summed E-state index contributed by atoms with van der Waals surface area (Å²) in [6.07, 6.45) is 6.46. The van der Waals surface area contributed by atoms with Gasteiger partial charge in [-0.15, -0.1) is 0 Å². The highest BCUT2D eigenvalue weighted by Gasteiger charge is 2.21. The number of allylic oxidation sites excluding steroid dienone is 1. The van der Waals surface area contributed by atoms with Gasteiger partial charge in [-0.3, -0.25) is 14.4 Å². The SMILES string of the molecule is O=C(Cn1c(O)c(/C=C2/C=Nc3ccccc32)[nH]c1=O)N1CCCCC1. The van der Waals surface area contributed by atoms with Gasteiger partial charge in [0.15, 0.2) is 0 Å². The highest BCUT2D eigenvalue weighted by Crippen LogP contribution is 2.32. The average Bonchev–Trinajstić information content (AvgIpc) is 3.19. The van der Waals surface area contributed by atoms with Gasteiger partial charge in [-0.1, -0.05) is 18.2 Å². The standard InChI is InChI=1S/C19H20N4O3/c24-17(22-8-4-1-5-9-22)12-23-18(25)16(21-19(23)26)10-13-11-20-15-7-3-2-6-14(13)15/h2-3,6-7,10-11,25H,1,4-5,8-9,12H2,(H,21,26)/b13-10-. The van der Waals surface area contributed by atoms with Gasteiger partial charge in [-0.2, -0.15) is 0 Å². The van der Waals surface area contributed by atoms with Gasteiger partial charge in [0.1, 0.15) is 12.2 Å². The van der Waals surface area contributed by atoms with Crippen molar-refractivity contribution in [3.8, 4) is 5.88 Å². The van der Waals surface area contributed by atoms with E-state index >= 15 is 0 Å². The second-order valence-electron chi connectivity index (χ2n) is 6.57. The number of nitrogens with zero attached hydrogens (tertiary/aromatic N) is 3. The van der Waals surface area contributed by atoms with Gasteiger partial charge in [-0.05, 0) is 31.4 Å². The Morgan fingerprint density at radius 3 is 2.81 bits per heavy atom. The summed E-state index contributed by atoms with van der Waals surface area (Å²) in [6, 6.07) is 7.64. The van der Waals surface area contributed by atoms with Gasteiger partial charge < -0.3 is 15.0 Å². The summed E-state index contributed by atoms with van der Waals surface area (Å²) in [6.45, 7) is 1.26. The van der Waals surface area contributed by atoms with Crippen LogP contribution in [0, 0.1) is 0 Å². The van der Waals surface area contributed by atoms with Crippen LogP contribution in [0.4, 0.5) is 5.69 Å². The third-order valence-electron chi connectivity index (χ3n) is 4.84. The molecule has 0 saturated carbocycles. The number of H-pyrrole nitrogens is 1. The largest absolute Gasteiger partial charge is 0.493 e. The zero-order chi connectivity index (χ0) is 18.1. The van der Waals surface area contributed by atoms with Crippen LogP contribution < -0.4 is 5.69 Å². The fourth-order valence-electron chi connectivity index (χ4n) is 3.42. The molecule has 2 aromatic rings. The Labute approximate surface area is 150 Å². The van der Waals surface area contributed by atoms with Crippen LogP contribution in [0.25, 0.3) is 11.6 Å². The number of aromatic nitrogens is 2. The van der Waals surface area contributed by atoms with Crippen LogP contribution in [-0.4, -0.2) is 44.8 Å². The van der Waals surface area contributed by atoms with Crippen molar-refractivity contribution in [3.63, 3.8) is 0 Å². The van der Waals surface area contributed by atoms with Crippen LogP contribution >= 0.6 is 0 Å². The molecule has 134 valence electrons. The zero-order valence-corrected chi connectivity index (χ0v) is 14.3. The number of hydrogen-bond acceptors (Lipinski definition) is 4. The number of carbonyl (C=O) groups is 1. The minimum atomic E-state index is -0.497. The highest BCUT2D eigenvalue weighted by molar-refractivity contribution is 6.21. The molecule has 0 bridgehead atoms. The number of hydrogen-bond donors (Lipinski definition) is 2. The lowest BCUT2D eigenvalue weighted by atomic mass is 10.1. The Morgan fingerprint density at radius 2 is 2.00 bits per heavy atom. The number of aliphatic imine (C=N–C) groups is 1. The molecular formula is C19H20N4O3. The summed E-state index contributed by atoms with van der Waals surface area (Å²) in [5, 5.41) is 10.4. The van der Waals surface area contributed by atoms with Crippen LogP contribution in [0.2, 0.25) is 0 Å². The molecule has 7 heteroatoms. The normalized spacial score (nSPS) is 17.7. The fourth-order valence-corrected chi connectivity index (χ4v) is 3.42. The number of imidazole rings is 1. The summed E-state index contributed by atoms with van der Waals surface area (Å²) in [7, 11) is 0. The Balaban J connectivity index is 1.60. The molecule has 2 aliphatic rings. The van der Waals surface area contributed by atoms with E-state index in [-0.39, 0.29) is 24.0 Å². The molecule has 2 N–H and O–H groups in total. The van der Waals surface area contributed by atoms with Crippen LogP contribution in [0.3, 0.4) is 0 Å². The van der Waals surface area contributed by atoms with Gasteiger partial charge in [0.2, 0.25) is 11.8 Å². The molecule has 0 atom stereocenters. The minimum absolute atomic E-state index is 0.145. The van der Waals surface area contributed by atoms with Crippen molar-refractivity contribution in [2.45, 2.75) is 25.8 Å². The first-order chi connectivity index (χ1) is 12.6. The van der Waals surface area contributed by atoms with E-state index in [0.29, 0.717) is 13.1 Å². The number of fused-ring (bicyclic) bond motifs is 1. The molecule has 0 aliphatic carbocycles. The van der Waals surface area contributed by atoms with E-state index in [1.54, 1.807) is 17.2 Å². The first kappa shape index (κ1) is 16.4. The number of para-hydroxylation sites is 1.